The first-order valence-electron chi connectivity index (χ1n) is 11.4. The molecule has 1 unspecified atom stereocenters. The molecule has 182 valence electrons. The first-order chi connectivity index (χ1) is 16.5. The Bertz CT molecular complexity index is 1110. The molecule has 0 saturated carbocycles. The minimum Gasteiger partial charge on any atom is -0.493 e. The molecule has 0 radical (unpaired) electrons. The lowest BCUT2D eigenvalue weighted by atomic mass is 9.76. The monoisotopic (exact) mass is 469 g/mol. The second kappa shape index (κ2) is 9.83. The molecule has 2 aliphatic rings. The molecular formula is C26H31NO7. The van der Waals surface area contributed by atoms with Gasteiger partial charge in [-0.1, -0.05) is 0 Å². The number of ether oxygens (including phenoxy) is 5. The Morgan fingerprint density at radius 1 is 0.912 bits per heavy atom. The fraction of sp³-hybridized carbons (Fsp3) is 0.462. The van der Waals surface area contributed by atoms with Crippen LogP contribution in [0.1, 0.15) is 42.5 Å². The average molecular weight is 470 g/mol. The van der Waals surface area contributed by atoms with Gasteiger partial charge in [0.15, 0.2) is 23.0 Å². The zero-order valence-corrected chi connectivity index (χ0v) is 20.4. The third-order valence-electron chi connectivity index (χ3n) is 6.59. The van der Waals surface area contributed by atoms with Crippen LogP contribution >= 0.6 is 0 Å². The lowest BCUT2D eigenvalue weighted by Crippen LogP contribution is -2.42. The normalized spacial score (nSPS) is 15.7. The van der Waals surface area contributed by atoms with Crippen molar-refractivity contribution in [2.24, 2.45) is 0 Å². The van der Waals surface area contributed by atoms with E-state index in [0.29, 0.717) is 49.0 Å². The van der Waals surface area contributed by atoms with E-state index >= 15 is 0 Å². The summed E-state index contributed by atoms with van der Waals surface area (Å²) >= 11 is 0. The zero-order valence-electron chi connectivity index (χ0n) is 20.4. The van der Waals surface area contributed by atoms with Crippen LogP contribution < -0.4 is 18.9 Å². The Balaban J connectivity index is 1.83. The van der Waals surface area contributed by atoms with Gasteiger partial charge in [0, 0.05) is 18.5 Å². The van der Waals surface area contributed by atoms with Gasteiger partial charge in [0.2, 0.25) is 5.91 Å². The summed E-state index contributed by atoms with van der Waals surface area (Å²) < 4.78 is 27.6. The van der Waals surface area contributed by atoms with Crippen molar-refractivity contribution in [3.63, 3.8) is 0 Å². The second-order valence-electron chi connectivity index (χ2n) is 8.29. The molecule has 8 heteroatoms. The van der Waals surface area contributed by atoms with Crippen molar-refractivity contribution in [3.8, 4) is 34.1 Å². The summed E-state index contributed by atoms with van der Waals surface area (Å²) in [6.07, 6.45) is 1.50. The molecule has 1 amide bonds. The number of benzene rings is 2. The van der Waals surface area contributed by atoms with E-state index in [2.05, 4.69) is 0 Å². The predicted molar refractivity (Wildman–Crippen MR) is 126 cm³/mol. The smallest absolute Gasteiger partial charge is 0.306 e. The molecule has 8 nitrogen and oxygen atoms in total. The van der Waals surface area contributed by atoms with E-state index in [1.54, 1.807) is 35.4 Å². The summed E-state index contributed by atoms with van der Waals surface area (Å²) in [6.45, 7) is 2.63. The summed E-state index contributed by atoms with van der Waals surface area (Å²) in [6, 6.07) is 5.75. The molecule has 0 bridgehead atoms. The Morgan fingerprint density at radius 2 is 1.59 bits per heavy atom. The fourth-order valence-corrected chi connectivity index (χ4v) is 5.10. The van der Waals surface area contributed by atoms with E-state index in [9.17, 15) is 9.59 Å². The molecule has 0 fully saturated rings. The lowest BCUT2D eigenvalue weighted by molar-refractivity contribution is -0.146. The molecule has 0 saturated heterocycles. The Labute approximate surface area is 199 Å². The van der Waals surface area contributed by atoms with E-state index in [-0.39, 0.29) is 30.8 Å². The van der Waals surface area contributed by atoms with Gasteiger partial charge in [-0.15, -0.1) is 0 Å². The molecule has 1 heterocycles. The number of carbonyl (C=O) groups excluding carboxylic acids is 2. The number of carbonyl (C=O) groups is 2. The number of hydrogen-bond acceptors (Lipinski definition) is 7. The van der Waals surface area contributed by atoms with Gasteiger partial charge in [0.05, 0.1) is 47.5 Å². The van der Waals surface area contributed by atoms with Crippen LogP contribution in [0.4, 0.5) is 0 Å². The first-order valence-corrected chi connectivity index (χ1v) is 11.4. The van der Waals surface area contributed by atoms with E-state index in [1.165, 1.54) is 0 Å². The Hall–Kier alpha value is -3.42. The number of hydrogen-bond donors (Lipinski definition) is 0. The van der Waals surface area contributed by atoms with Gasteiger partial charge >= 0.3 is 5.97 Å². The number of fused-ring (bicyclic) bond motifs is 2. The molecule has 0 aromatic heterocycles. The summed E-state index contributed by atoms with van der Waals surface area (Å²) in [4.78, 5) is 27.0. The number of nitrogens with zero attached hydrogens (tertiary/aromatic N) is 1. The van der Waals surface area contributed by atoms with Gasteiger partial charge in [-0.2, -0.15) is 0 Å². The van der Waals surface area contributed by atoms with Gasteiger partial charge in [-0.3, -0.25) is 9.59 Å². The maximum absolute atomic E-state index is 13.3. The third-order valence-corrected chi connectivity index (χ3v) is 6.59. The van der Waals surface area contributed by atoms with Gasteiger partial charge < -0.3 is 28.6 Å². The van der Waals surface area contributed by atoms with Crippen LogP contribution in [0.2, 0.25) is 0 Å². The highest BCUT2D eigenvalue weighted by Crippen LogP contribution is 2.54. The summed E-state index contributed by atoms with van der Waals surface area (Å²) in [5.74, 6) is 2.11. The van der Waals surface area contributed by atoms with Crippen LogP contribution in [-0.2, 0) is 27.2 Å². The lowest BCUT2D eigenvalue weighted by Gasteiger charge is -2.42. The number of rotatable bonds is 8. The predicted octanol–water partition coefficient (Wildman–Crippen LogP) is 3.71. The molecule has 4 rings (SSSR count). The quantitative estimate of drug-likeness (QED) is 0.545. The number of methoxy groups -OCH3 is 4. The van der Waals surface area contributed by atoms with Crippen LogP contribution in [0, 0.1) is 0 Å². The number of amides is 1. The summed E-state index contributed by atoms with van der Waals surface area (Å²) in [5, 5.41) is 0. The van der Waals surface area contributed by atoms with Crippen molar-refractivity contribution in [2.45, 2.75) is 38.6 Å². The standard InChI is InChI=1S/C26H31NO7/c1-6-34-23(29)8-7-22(28)27-10-9-15-12-21(32-4)26(33-5)25-17-14-20(31-3)19(30-2)13-16(17)11-18(27)24(15)25/h12-14,18H,6-11H2,1-5H3. The van der Waals surface area contributed by atoms with Crippen molar-refractivity contribution in [2.75, 3.05) is 41.6 Å². The van der Waals surface area contributed by atoms with Crippen LogP contribution in [0.15, 0.2) is 18.2 Å². The van der Waals surface area contributed by atoms with Crippen molar-refractivity contribution in [1.29, 1.82) is 0 Å². The minimum absolute atomic E-state index is 0.0617. The van der Waals surface area contributed by atoms with Gasteiger partial charge in [0.1, 0.15) is 0 Å². The van der Waals surface area contributed by atoms with E-state index in [4.69, 9.17) is 23.7 Å². The molecule has 34 heavy (non-hydrogen) atoms. The molecule has 2 aromatic carbocycles. The van der Waals surface area contributed by atoms with Gasteiger partial charge in [-0.25, -0.2) is 0 Å². The second-order valence-corrected chi connectivity index (χ2v) is 8.29. The minimum atomic E-state index is -0.355. The van der Waals surface area contributed by atoms with Crippen molar-refractivity contribution < 1.29 is 33.3 Å². The average Bonchev–Trinajstić information content (AvgIpc) is 2.86. The van der Waals surface area contributed by atoms with E-state index < -0.39 is 0 Å². The van der Waals surface area contributed by atoms with Crippen molar-refractivity contribution >= 4 is 11.9 Å². The molecule has 0 N–H and O–H groups in total. The molecule has 0 spiro atoms. The Kier molecular flexibility index (Phi) is 6.86. The fourth-order valence-electron chi connectivity index (χ4n) is 5.10. The van der Waals surface area contributed by atoms with E-state index in [1.807, 2.05) is 23.1 Å². The summed E-state index contributed by atoms with van der Waals surface area (Å²) in [7, 11) is 6.46. The SMILES string of the molecule is CCOC(=O)CCC(=O)N1CCc2cc(OC)c(OC)c3c2C1Cc1cc(OC)c(OC)cc1-3. The molecule has 1 aliphatic heterocycles. The highest BCUT2D eigenvalue weighted by molar-refractivity contribution is 5.87. The topological polar surface area (TPSA) is 83.5 Å². The first kappa shape index (κ1) is 23.7. The molecule has 2 aromatic rings. The maximum Gasteiger partial charge on any atom is 0.306 e. The Morgan fingerprint density at radius 3 is 2.24 bits per heavy atom. The largest absolute Gasteiger partial charge is 0.493 e. The maximum atomic E-state index is 13.3. The van der Waals surface area contributed by atoms with Crippen LogP contribution in [-0.4, -0.2) is 58.4 Å². The summed E-state index contributed by atoms with van der Waals surface area (Å²) in [5.41, 5.74) is 5.10. The molecular weight excluding hydrogens is 438 g/mol. The van der Waals surface area contributed by atoms with Crippen molar-refractivity contribution in [1.82, 2.24) is 4.90 Å². The zero-order chi connectivity index (χ0) is 24.4. The van der Waals surface area contributed by atoms with Crippen LogP contribution in [0.25, 0.3) is 11.1 Å². The molecule has 1 aliphatic carbocycles. The highest BCUT2D eigenvalue weighted by Gasteiger charge is 2.39. The van der Waals surface area contributed by atoms with E-state index in [0.717, 1.165) is 27.8 Å². The van der Waals surface area contributed by atoms with Gasteiger partial charge in [0.25, 0.3) is 0 Å². The highest BCUT2D eigenvalue weighted by atomic mass is 16.5. The third kappa shape index (κ3) is 4.02. The van der Waals surface area contributed by atoms with Crippen LogP contribution in [0.5, 0.6) is 23.0 Å². The van der Waals surface area contributed by atoms with Crippen LogP contribution in [0.3, 0.4) is 0 Å². The molecule has 1 atom stereocenters. The van der Waals surface area contributed by atoms with Gasteiger partial charge in [-0.05, 0) is 60.2 Å². The van der Waals surface area contributed by atoms with Crippen molar-refractivity contribution in [3.05, 3.63) is 34.9 Å². The number of esters is 1.